The third kappa shape index (κ3) is 3.97. The minimum absolute atomic E-state index is 0.135. The topological polar surface area (TPSA) is 49.4 Å². The molecule has 1 N–H and O–H groups in total. The Balaban J connectivity index is 1.90. The molecule has 0 saturated carbocycles. The number of nitrogens with one attached hydrogen (secondary N) is 1. The van der Waals surface area contributed by atoms with Crippen LogP contribution in [0.25, 0.3) is 0 Å². The van der Waals surface area contributed by atoms with Crippen LogP contribution in [0.4, 0.5) is 5.69 Å². The predicted octanol–water partition coefficient (Wildman–Crippen LogP) is 5.83. The summed E-state index contributed by atoms with van der Waals surface area (Å²) in [4.78, 5) is 27.6. The fourth-order valence-corrected chi connectivity index (χ4v) is 4.15. The van der Waals surface area contributed by atoms with Crippen molar-refractivity contribution in [2.45, 2.75) is 6.04 Å². The number of hydrogen-bond acceptors (Lipinski definition) is 2. The van der Waals surface area contributed by atoms with Gasteiger partial charge in [0.25, 0.3) is 5.91 Å². The standard InChI is InChI=1S/C22H15Cl3N2O2/c23-14-7-9-19-17(10-14)21(13-4-2-1-3-5-13)27(12-20(28)26-19)22(29)16-8-6-15(24)11-18(16)25/h1-11,21H,12H2,(H,26,28)/t21-/m0/s1. The molecule has 1 atom stereocenters. The van der Waals surface area contributed by atoms with Crippen LogP contribution in [-0.4, -0.2) is 23.3 Å². The normalized spacial score (nSPS) is 16.0. The second-order valence-electron chi connectivity index (χ2n) is 6.65. The lowest BCUT2D eigenvalue weighted by atomic mass is 9.95. The molecule has 0 aliphatic carbocycles. The first kappa shape index (κ1) is 19.8. The van der Waals surface area contributed by atoms with E-state index in [2.05, 4.69) is 5.32 Å². The molecule has 0 unspecified atom stereocenters. The molecule has 7 heteroatoms. The molecule has 4 nitrogen and oxygen atoms in total. The van der Waals surface area contributed by atoms with Crippen LogP contribution in [0, 0.1) is 0 Å². The second-order valence-corrected chi connectivity index (χ2v) is 7.93. The van der Waals surface area contributed by atoms with Gasteiger partial charge in [-0.25, -0.2) is 0 Å². The Hall–Kier alpha value is -2.53. The Morgan fingerprint density at radius 2 is 1.62 bits per heavy atom. The summed E-state index contributed by atoms with van der Waals surface area (Å²) in [5, 5.41) is 4.03. The second kappa shape index (κ2) is 8.07. The van der Waals surface area contributed by atoms with Crippen LogP contribution < -0.4 is 5.32 Å². The van der Waals surface area contributed by atoms with E-state index in [1.807, 2.05) is 30.3 Å². The van der Waals surface area contributed by atoms with Crippen molar-refractivity contribution in [3.8, 4) is 0 Å². The Kier molecular flexibility index (Phi) is 5.50. The molecule has 4 rings (SSSR count). The Labute approximate surface area is 183 Å². The highest BCUT2D eigenvalue weighted by molar-refractivity contribution is 6.36. The maximum Gasteiger partial charge on any atom is 0.256 e. The Morgan fingerprint density at radius 1 is 0.931 bits per heavy atom. The van der Waals surface area contributed by atoms with Gasteiger partial charge in [-0.1, -0.05) is 65.1 Å². The van der Waals surface area contributed by atoms with Gasteiger partial charge >= 0.3 is 0 Å². The largest absolute Gasteiger partial charge is 0.324 e. The van der Waals surface area contributed by atoms with Gasteiger partial charge in [0.05, 0.1) is 16.6 Å². The molecule has 0 bridgehead atoms. The quantitative estimate of drug-likeness (QED) is 0.539. The van der Waals surface area contributed by atoms with Crippen LogP contribution in [0.2, 0.25) is 15.1 Å². The summed E-state index contributed by atoms with van der Waals surface area (Å²) in [6, 6.07) is 18.9. The van der Waals surface area contributed by atoms with E-state index in [9.17, 15) is 9.59 Å². The van der Waals surface area contributed by atoms with Crippen LogP contribution in [-0.2, 0) is 4.79 Å². The molecule has 3 aromatic carbocycles. The van der Waals surface area contributed by atoms with E-state index in [-0.39, 0.29) is 28.9 Å². The molecule has 29 heavy (non-hydrogen) atoms. The van der Waals surface area contributed by atoms with E-state index >= 15 is 0 Å². The van der Waals surface area contributed by atoms with Gasteiger partial charge in [-0.15, -0.1) is 0 Å². The van der Waals surface area contributed by atoms with Crippen LogP contribution >= 0.6 is 34.8 Å². The lowest BCUT2D eigenvalue weighted by molar-refractivity contribution is -0.117. The third-order valence-corrected chi connectivity index (χ3v) is 5.53. The fraction of sp³-hybridized carbons (Fsp3) is 0.0909. The zero-order chi connectivity index (χ0) is 20.5. The van der Waals surface area contributed by atoms with Gasteiger partial charge in [0, 0.05) is 21.3 Å². The number of nitrogens with zero attached hydrogens (tertiary/aromatic N) is 1. The number of halogens is 3. The van der Waals surface area contributed by atoms with Crippen molar-refractivity contribution in [1.29, 1.82) is 0 Å². The average molecular weight is 446 g/mol. The van der Waals surface area contributed by atoms with Gasteiger partial charge in [0.2, 0.25) is 5.91 Å². The Bertz CT molecular complexity index is 1100. The molecule has 0 radical (unpaired) electrons. The minimum atomic E-state index is -0.525. The van der Waals surface area contributed by atoms with Crippen LogP contribution in [0.15, 0.2) is 66.7 Å². The van der Waals surface area contributed by atoms with Gasteiger partial charge < -0.3 is 10.2 Å². The fourth-order valence-electron chi connectivity index (χ4n) is 3.48. The van der Waals surface area contributed by atoms with Gasteiger partial charge in [-0.2, -0.15) is 0 Å². The zero-order valence-electron chi connectivity index (χ0n) is 15.0. The van der Waals surface area contributed by atoms with E-state index in [0.29, 0.717) is 15.7 Å². The van der Waals surface area contributed by atoms with Crippen LogP contribution in [0.5, 0.6) is 0 Å². The minimum Gasteiger partial charge on any atom is -0.324 e. The summed E-state index contributed by atoms with van der Waals surface area (Å²) in [5.74, 6) is -0.672. The van der Waals surface area contributed by atoms with Crippen molar-refractivity contribution in [1.82, 2.24) is 4.90 Å². The van der Waals surface area contributed by atoms with Crippen molar-refractivity contribution in [3.63, 3.8) is 0 Å². The van der Waals surface area contributed by atoms with Crippen molar-refractivity contribution in [2.75, 3.05) is 11.9 Å². The average Bonchev–Trinajstić information content (AvgIpc) is 2.84. The van der Waals surface area contributed by atoms with Crippen molar-refractivity contribution in [3.05, 3.63) is 98.5 Å². The summed E-state index contributed by atoms with van der Waals surface area (Å²) < 4.78 is 0. The van der Waals surface area contributed by atoms with Crippen molar-refractivity contribution >= 4 is 52.3 Å². The molecule has 1 heterocycles. The number of hydrogen-bond donors (Lipinski definition) is 1. The monoisotopic (exact) mass is 444 g/mol. The molecule has 0 fully saturated rings. The molecule has 2 amide bonds. The number of amides is 2. The van der Waals surface area contributed by atoms with E-state index in [1.54, 1.807) is 30.3 Å². The van der Waals surface area contributed by atoms with Gasteiger partial charge in [-0.3, -0.25) is 9.59 Å². The summed E-state index contributed by atoms with van der Waals surface area (Å²) in [6.45, 7) is -0.135. The lowest BCUT2D eigenvalue weighted by Crippen LogP contribution is -2.39. The molecule has 3 aromatic rings. The number of fused-ring (bicyclic) bond motifs is 1. The number of carbonyl (C=O) groups excluding carboxylic acids is 2. The predicted molar refractivity (Wildman–Crippen MR) is 116 cm³/mol. The highest BCUT2D eigenvalue weighted by atomic mass is 35.5. The number of anilines is 1. The van der Waals surface area contributed by atoms with Crippen LogP contribution in [0.1, 0.15) is 27.5 Å². The van der Waals surface area contributed by atoms with E-state index in [0.717, 1.165) is 11.1 Å². The van der Waals surface area contributed by atoms with Gasteiger partial charge in [0.15, 0.2) is 0 Å². The molecule has 0 saturated heterocycles. The Morgan fingerprint density at radius 3 is 2.34 bits per heavy atom. The molecule has 1 aliphatic heterocycles. The maximum absolute atomic E-state index is 13.5. The number of carbonyl (C=O) groups is 2. The van der Waals surface area contributed by atoms with E-state index < -0.39 is 6.04 Å². The third-order valence-electron chi connectivity index (χ3n) is 4.75. The van der Waals surface area contributed by atoms with Gasteiger partial charge in [-0.05, 0) is 42.0 Å². The summed E-state index contributed by atoms with van der Waals surface area (Å²) in [6.07, 6.45) is 0. The van der Waals surface area contributed by atoms with Crippen LogP contribution in [0.3, 0.4) is 0 Å². The van der Waals surface area contributed by atoms with E-state index in [1.165, 1.54) is 11.0 Å². The summed E-state index contributed by atoms with van der Waals surface area (Å²) in [5.41, 5.74) is 2.47. The van der Waals surface area contributed by atoms with Crippen molar-refractivity contribution < 1.29 is 9.59 Å². The molecule has 0 aromatic heterocycles. The summed E-state index contributed by atoms with van der Waals surface area (Å²) >= 11 is 18.5. The molecule has 0 spiro atoms. The number of benzene rings is 3. The smallest absolute Gasteiger partial charge is 0.256 e. The lowest BCUT2D eigenvalue weighted by Gasteiger charge is -2.31. The maximum atomic E-state index is 13.5. The first-order valence-electron chi connectivity index (χ1n) is 8.84. The van der Waals surface area contributed by atoms with Crippen molar-refractivity contribution in [2.24, 2.45) is 0 Å². The zero-order valence-corrected chi connectivity index (χ0v) is 17.3. The molecular formula is C22H15Cl3N2O2. The van der Waals surface area contributed by atoms with Gasteiger partial charge in [0.1, 0.15) is 6.54 Å². The highest BCUT2D eigenvalue weighted by Gasteiger charge is 2.34. The summed E-state index contributed by atoms with van der Waals surface area (Å²) in [7, 11) is 0. The van der Waals surface area contributed by atoms with E-state index in [4.69, 9.17) is 34.8 Å². The SMILES string of the molecule is O=C1CN(C(=O)c2ccc(Cl)cc2Cl)[C@@H](c2ccccc2)c2cc(Cl)ccc2N1. The molecular weight excluding hydrogens is 431 g/mol. The highest BCUT2D eigenvalue weighted by Crippen LogP contribution is 2.38. The molecule has 146 valence electrons. The molecule has 1 aliphatic rings. The first-order valence-corrected chi connectivity index (χ1v) is 9.97. The first-order chi connectivity index (χ1) is 13.9. The number of rotatable bonds is 2.